The molecule has 1 amide bonds. The Hall–Kier alpha value is -3.13. The average Bonchev–Trinajstić information content (AvgIpc) is 3.27. The monoisotopic (exact) mass is 460 g/mol. The van der Waals surface area contributed by atoms with Crippen LogP contribution in [0.3, 0.4) is 0 Å². The smallest absolute Gasteiger partial charge is 0.404 e. The van der Waals surface area contributed by atoms with E-state index in [0.717, 1.165) is 62.6 Å². The Labute approximate surface area is 199 Å². The van der Waals surface area contributed by atoms with Crippen molar-refractivity contribution in [2.45, 2.75) is 57.2 Å². The highest BCUT2D eigenvalue weighted by molar-refractivity contribution is 5.65. The number of nitrogens with one attached hydrogen (secondary N) is 1. The number of likely N-dealkylation sites (tertiary alicyclic amines) is 1. The maximum atomic E-state index is 11.0. The number of piperidine rings is 2. The predicted molar refractivity (Wildman–Crippen MR) is 130 cm³/mol. The van der Waals surface area contributed by atoms with Gasteiger partial charge >= 0.3 is 6.09 Å². The van der Waals surface area contributed by atoms with Crippen LogP contribution in [0, 0.1) is 5.92 Å². The van der Waals surface area contributed by atoms with E-state index in [1.807, 2.05) is 6.20 Å². The van der Waals surface area contributed by atoms with Gasteiger partial charge in [0, 0.05) is 38.1 Å². The summed E-state index contributed by atoms with van der Waals surface area (Å²) in [5, 5.41) is 11.6. The van der Waals surface area contributed by atoms with Gasteiger partial charge in [-0.25, -0.2) is 9.78 Å². The zero-order chi connectivity index (χ0) is 23.1. The topological polar surface area (TPSA) is 86.0 Å². The Balaban J connectivity index is 1.23. The van der Waals surface area contributed by atoms with Crippen LogP contribution in [0.25, 0.3) is 5.65 Å². The van der Waals surface area contributed by atoms with Crippen molar-refractivity contribution in [2.75, 3.05) is 24.5 Å². The van der Waals surface area contributed by atoms with E-state index in [4.69, 9.17) is 15.1 Å². The SMILES string of the molecule is O=C(O)NC1CCN(c2cccc3nc(CN4CCC[C@H]5CCc6cccnc6[C@H]54)cn23)CC1. The fourth-order valence-corrected chi connectivity index (χ4v) is 6.31. The fourth-order valence-electron chi connectivity index (χ4n) is 6.31. The van der Waals surface area contributed by atoms with E-state index >= 15 is 0 Å². The summed E-state index contributed by atoms with van der Waals surface area (Å²) in [7, 11) is 0. The molecule has 8 nitrogen and oxygen atoms in total. The highest BCUT2D eigenvalue weighted by atomic mass is 16.4. The van der Waals surface area contributed by atoms with Gasteiger partial charge in [-0.2, -0.15) is 0 Å². The zero-order valence-corrected chi connectivity index (χ0v) is 19.4. The van der Waals surface area contributed by atoms with Gasteiger partial charge in [0.2, 0.25) is 0 Å². The highest BCUT2D eigenvalue weighted by Crippen LogP contribution is 2.43. The molecule has 2 fully saturated rings. The number of pyridine rings is 2. The van der Waals surface area contributed by atoms with Crippen LogP contribution in [-0.2, 0) is 13.0 Å². The molecule has 2 saturated heterocycles. The van der Waals surface area contributed by atoms with Crippen molar-refractivity contribution >= 4 is 17.6 Å². The van der Waals surface area contributed by atoms with Crippen molar-refractivity contribution in [1.29, 1.82) is 0 Å². The molecule has 0 aromatic carbocycles. The van der Waals surface area contributed by atoms with Gasteiger partial charge in [0.05, 0.1) is 17.4 Å². The molecule has 0 saturated carbocycles. The average molecular weight is 461 g/mol. The lowest BCUT2D eigenvalue weighted by atomic mass is 9.77. The van der Waals surface area contributed by atoms with E-state index < -0.39 is 6.09 Å². The second-order valence-corrected chi connectivity index (χ2v) is 9.96. The number of nitrogens with zero attached hydrogens (tertiary/aromatic N) is 5. The maximum absolute atomic E-state index is 11.0. The molecule has 34 heavy (non-hydrogen) atoms. The molecule has 3 aromatic heterocycles. The molecule has 0 radical (unpaired) electrons. The van der Waals surface area contributed by atoms with Crippen LogP contribution in [0.4, 0.5) is 10.6 Å². The molecule has 2 atom stereocenters. The van der Waals surface area contributed by atoms with E-state index in [-0.39, 0.29) is 6.04 Å². The second kappa shape index (κ2) is 8.91. The lowest BCUT2D eigenvalue weighted by molar-refractivity contribution is 0.0687. The zero-order valence-electron chi connectivity index (χ0n) is 19.4. The lowest BCUT2D eigenvalue weighted by Crippen LogP contribution is -2.44. The van der Waals surface area contributed by atoms with Crippen LogP contribution in [-0.4, -0.2) is 56.1 Å². The normalized spacial score (nSPS) is 23.5. The number of imidazole rings is 1. The third-order valence-corrected chi connectivity index (χ3v) is 7.88. The van der Waals surface area contributed by atoms with Crippen molar-refractivity contribution in [3.05, 3.63) is 59.7 Å². The standard InChI is InChI=1S/C26H32N6O2/c33-26(34)29-20-10-14-30(15-11-20)23-7-1-6-22-28-21(17-32(22)23)16-31-13-3-5-19-9-8-18-4-2-12-27-24(18)25(19)31/h1-2,4,6-7,12,17,19-20,25,29H,3,5,8-11,13-16H2,(H,33,34)/t19-,25-/m0/s1. The molecular formula is C26H32N6O2. The Morgan fingerprint density at radius 3 is 2.82 bits per heavy atom. The number of hydrogen-bond donors (Lipinski definition) is 2. The Kier molecular flexibility index (Phi) is 5.61. The highest BCUT2D eigenvalue weighted by Gasteiger charge is 2.37. The van der Waals surface area contributed by atoms with Crippen molar-refractivity contribution < 1.29 is 9.90 Å². The van der Waals surface area contributed by atoms with Crippen molar-refractivity contribution in [3.63, 3.8) is 0 Å². The van der Waals surface area contributed by atoms with Gasteiger partial charge in [0.25, 0.3) is 0 Å². The van der Waals surface area contributed by atoms with Gasteiger partial charge in [-0.05, 0) is 74.8 Å². The van der Waals surface area contributed by atoms with Crippen LogP contribution in [0.2, 0.25) is 0 Å². The second-order valence-electron chi connectivity index (χ2n) is 9.96. The molecule has 2 N–H and O–H groups in total. The molecule has 0 unspecified atom stereocenters. The molecule has 6 rings (SSSR count). The van der Waals surface area contributed by atoms with E-state index in [1.54, 1.807) is 0 Å². The van der Waals surface area contributed by atoms with Crippen molar-refractivity contribution in [2.24, 2.45) is 5.92 Å². The minimum atomic E-state index is -0.935. The molecule has 3 aromatic rings. The summed E-state index contributed by atoms with van der Waals surface area (Å²) in [6.07, 6.45) is 9.76. The quantitative estimate of drug-likeness (QED) is 0.615. The van der Waals surface area contributed by atoms with Gasteiger partial charge in [0.15, 0.2) is 0 Å². The van der Waals surface area contributed by atoms with Gasteiger partial charge < -0.3 is 15.3 Å². The molecule has 2 aliphatic heterocycles. The summed E-state index contributed by atoms with van der Waals surface area (Å²) in [6.45, 7) is 3.58. The molecule has 178 valence electrons. The minimum absolute atomic E-state index is 0.0327. The van der Waals surface area contributed by atoms with Crippen molar-refractivity contribution in [3.8, 4) is 0 Å². The molecule has 3 aliphatic rings. The molecule has 5 heterocycles. The van der Waals surface area contributed by atoms with Gasteiger partial charge in [-0.3, -0.25) is 14.3 Å². The number of hydrogen-bond acceptors (Lipinski definition) is 5. The first-order valence-electron chi connectivity index (χ1n) is 12.5. The van der Waals surface area contributed by atoms with E-state index in [0.29, 0.717) is 12.0 Å². The predicted octanol–water partition coefficient (Wildman–Crippen LogP) is 3.87. The van der Waals surface area contributed by atoms with Crippen LogP contribution >= 0.6 is 0 Å². The maximum Gasteiger partial charge on any atom is 0.404 e. The number of aryl methyl sites for hydroxylation is 1. The number of carboxylic acid groups (broad SMARTS) is 1. The number of anilines is 1. The fraction of sp³-hybridized carbons (Fsp3) is 0.500. The summed E-state index contributed by atoms with van der Waals surface area (Å²) in [5.74, 6) is 1.82. The first-order chi connectivity index (χ1) is 16.7. The lowest BCUT2D eigenvalue weighted by Gasteiger charge is -2.44. The van der Waals surface area contributed by atoms with Gasteiger partial charge in [0.1, 0.15) is 11.5 Å². The third kappa shape index (κ3) is 4.00. The summed E-state index contributed by atoms with van der Waals surface area (Å²) in [6, 6.07) is 11.0. The van der Waals surface area contributed by atoms with Gasteiger partial charge in [-0.15, -0.1) is 0 Å². The molecule has 8 heteroatoms. The van der Waals surface area contributed by atoms with E-state index in [2.05, 4.69) is 56.0 Å². The summed E-state index contributed by atoms with van der Waals surface area (Å²) in [5.41, 5.74) is 4.75. The number of carbonyl (C=O) groups is 1. The summed E-state index contributed by atoms with van der Waals surface area (Å²) < 4.78 is 2.20. The third-order valence-electron chi connectivity index (χ3n) is 7.88. The first kappa shape index (κ1) is 21.4. The largest absolute Gasteiger partial charge is 0.465 e. The van der Waals surface area contributed by atoms with Crippen LogP contribution < -0.4 is 10.2 Å². The van der Waals surface area contributed by atoms with Crippen molar-refractivity contribution in [1.82, 2.24) is 24.6 Å². The Bertz CT molecular complexity index is 1190. The molecule has 0 bridgehead atoms. The number of fused-ring (bicyclic) bond motifs is 4. The van der Waals surface area contributed by atoms with Crippen LogP contribution in [0.5, 0.6) is 0 Å². The summed E-state index contributed by atoms with van der Waals surface area (Å²) in [4.78, 5) is 25.7. The Morgan fingerprint density at radius 1 is 1.09 bits per heavy atom. The molecular weight excluding hydrogens is 428 g/mol. The van der Waals surface area contributed by atoms with E-state index in [1.165, 1.54) is 30.5 Å². The molecule has 1 aliphatic carbocycles. The molecule has 0 spiro atoms. The van der Waals surface area contributed by atoms with E-state index in [9.17, 15) is 4.79 Å². The summed E-state index contributed by atoms with van der Waals surface area (Å²) >= 11 is 0. The number of rotatable bonds is 4. The van der Waals surface area contributed by atoms with Crippen LogP contribution in [0.15, 0.2) is 42.7 Å². The number of amides is 1. The van der Waals surface area contributed by atoms with Crippen LogP contribution in [0.1, 0.15) is 55.1 Å². The number of aromatic nitrogens is 3. The first-order valence-corrected chi connectivity index (χ1v) is 12.5. The minimum Gasteiger partial charge on any atom is -0.465 e. The van der Waals surface area contributed by atoms with Gasteiger partial charge in [-0.1, -0.05) is 12.1 Å². The Morgan fingerprint density at radius 2 is 1.97 bits per heavy atom.